The van der Waals surface area contributed by atoms with Crippen molar-refractivity contribution in [3.05, 3.63) is 194 Å². The van der Waals surface area contributed by atoms with Crippen LogP contribution in [0.4, 0.5) is 0 Å². The maximum atomic E-state index is 5.37. The second kappa shape index (κ2) is 13.3. The molecule has 56 heavy (non-hydrogen) atoms. The van der Waals surface area contributed by atoms with E-state index < -0.39 is 0 Å². The van der Waals surface area contributed by atoms with Crippen molar-refractivity contribution in [2.75, 3.05) is 0 Å². The normalized spacial score (nSPS) is 11.6. The van der Waals surface area contributed by atoms with Gasteiger partial charge in [-0.15, -0.1) is 11.3 Å². The Labute approximate surface area is 327 Å². The van der Waals surface area contributed by atoms with Crippen LogP contribution in [0.1, 0.15) is 0 Å². The molecule has 0 N–H and O–H groups in total. The lowest BCUT2D eigenvalue weighted by Crippen LogP contribution is -2.01. The van der Waals surface area contributed by atoms with Gasteiger partial charge in [0.15, 0.2) is 17.5 Å². The average molecular weight is 733 g/mol. The molecule has 8 aromatic carbocycles. The molecule has 11 aromatic rings. The van der Waals surface area contributed by atoms with Crippen LogP contribution < -0.4 is 0 Å². The second-order valence-electron chi connectivity index (χ2n) is 14.0. The number of fused-ring (bicyclic) bond motifs is 6. The van der Waals surface area contributed by atoms with Gasteiger partial charge >= 0.3 is 0 Å². The molecule has 0 bridgehead atoms. The lowest BCUT2D eigenvalue weighted by atomic mass is 9.95. The van der Waals surface area contributed by atoms with Crippen molar-refractivity contribution in [1.29, 1.82) is 0 Å². The average Bonchev–Trinajstić information content (AvgIpc) is 3.82. The smallest absolute Gasteiger partial charge is 0.164 e. The van der Waals surface area contributed by atoms with E-state index in [2.05, 4.69) is 199 Å². The molecule has 0 amide bonds. The molecule has 262 valence electrons. The molecule has 0 aliphatic carbocycles. The summed E-state index contributed by atoms with van der Waals surface area (Å²) >= 11 is 1.80. The third kappa shape index (κ3) is 5.40. The molecular formula is C51H32N4S. The summed E-state index contributed by atoms with van der Waals surface area (Å²) in [6, 6.07) is 68.5. The van der Waals surface area contributed by atoms with Gasteiger partial charge in [-0.05, 0) is 64.7 Å². The molecule has 3 heterocycles. The molecule has 11 rings (SSSR count). The van der Waals surface area contributed by atoms with E-state index in [9.17, 15) is 0 Å². The predicted molar refractivity (Wildman–Crippen MR) is 234 cm³/mol. The summed E-state index contributed by atoms with van der Waals surface area (Å²) in [4.78, 5) is 16.0. The molecular weight excluding hydrogens is 701 g/mol. The van der Waals surface area contributed by atoms with E-state index in [0.717, 1.165) is 60.9 Å². The highest BCUT2D eigenvalue weighted by Crippen LogP contribution is 2.41. The Morgan fingerprint density at radius 3 is 1.79 bits per heavy atom. The highest BCUT2D eigenvalue weighted by Gasteiger charge is 2.21. The SMILES string of the molecule is c1ccc(-c2cccc(-c3ccccc3-c3nc(-c4ccc5c(c4)sc4ccccc45)nc(-c4cccc5c4c4ccccc4n5-c4ccccc4)n3)c2)cc1. The molecule has 5 heteroatoms. The molecule has 0 aliphatic rings. The number of nitrogens with zero attached hydrogens (tertiary/aromatic N) is 4. The lowest BCUT2D eigenvalue weighted by Gasteiger charge is -2.13. The third-order valence-corrected chi connectivity index (χ3v) is 11.8. The first-order chi connectivity index (χ1) is 27.8. The van der Waals surface area contributed by atoms with Gasteiger partial charge in [-0.3, -0.25) is 0 Å². The first-order valence-corrected chi connectivity index (χ1v) is 19.6. The Hall–Kier alpha value is -7.21. The Kier molecular flexibility index (Phi) is 7.64. The van der Waals surface area contributed by atoms with Crippen molar-refractivity contribution >= 4 is 53.3 Å². The summed E-state index contributed by atoms with van der Waals surface area (Å²) in [6.45, 7) is 0. The van der Waals surface area contributed by atoms with Crippen LogP contribution in [-0.4, -0.2) is 19.5 Å². The fraction of sp³-hybridized carbons (Fsp3) is 0. The topological polar surface area (TPSA) is 43.6 Å². The summed E-state index contributed by atoms with van der Waals surface area (Å²) in [5.41, 5.74) is 10.7. The van der Waals surface area contributed by atoms with Crippen molar-refractivity contribution in [2.45, 2.75) is 0 Å². The molecule has 0 spiro atoms. The van der Waals surface area contributed by atoms with Crippen LogP contribution in [0.2, 0.25) is 0 Å². The van der Waals surface area contributed by atoms with Crippen LogP contribution in [0.25, 0.3) is 104 Å². The molecule has 0 unspecified atom stereocenters. The largest absolute Gasteiger partial charge is 0.309 e. The van der Waals surface area contributed by atoms with E-state index in [1.807, 2.05) is 0 Å². The van der Waals surface area contributed by atoms with E-state index in [4.69, 9.17) is 15.0 Å². The standard InChI is InChI=1S/C51H32N4S/c1-3-15-33(16-4-1)34-17-13-18-35(31-34)38-21-7-8-23-41(38)50-52-49(36-29-30-40-39-22-10-12-28-46(39)56-47(40)32-36)53-51(54-50)43-25-14-27-45-48(43)42-24-9-11-26-44(42)55(45)37-19-5-2-6-20-37/h1-32H. The highest BCUT2D eigenvalue weighted by atomic mass is 32.1. The molecule has 0 aliphatic heterocycles. The molecule has 0 saturated heterocycles. The number of hydrogen-bond acceptors (Lipinski definition) is 4. The second-order valence-corrected chi connectivity index (χ2v) is 15.1. The fourth-order valence-electron chi connectivity index (χ4n) is 8.10. The Morgan fingerprint density at radius 2 is 0.929 bits per heavy atom. The lowest BCUT2D eigenvalue weighted by molar-refractivity contribution is 1.08. The van der Waals surface area contributed by atoms with Crippen LogP contribution in [0.15, 0.2) is 194 Å². The van der Waals surface area contributed by atoms with E-state index >= 15 is 0 Å². The van der Waals surface area contributed by atoms with Gasteiger partial charge < -0.3 is 4.57 Å². The van der Waals surface area contributed by atoms with E-state index in [-0.39, 0.29) is 0 Å². The zero-order valence-corrected chi connectivity index (χ0v) is 31.0. The first-order valence-electron chi connectivity index (χ1n) is 18.8. The summed E-state index contributed by atoms with van der Waals surface area (Å²) in [5, 5.41) is 4.77. The van der Waals surface area contributed by atoms with Gasteiger partial charge in [0.2, 0.25) is 0 Å². The Balaban J connectivity index is 1.16. The van der Waals surface area contributed by atoms with Crippen LogP contribution in [0.5, 0.6) is 0 Å². The monoisotopic (exact) mass is 732 g/mol. The molecule has 0 saturated carbocycles. The van der Waals surface area contributed by atoms with Crippen LogP contribution in [0, 0.1) is 0 Å². The molecule has 0 atom stereocenters. The van der Waals surface area contributed by atoms with Gasteiger partial charge in [0.25, 0.3) is 0 Å². The van der Waals surface area contributed by atoms with Crippen LogP contribution in [0.3, 0.4) is 0 Å². The minimum absolute atomic E-state index is 0.631. The third-order valence-electron chi connectivity index (χ3n) is 10.7. The van der Waals surface area contributed by atoms with Gasteiger partial charge in [-0.1, -0.05) is 152 Å². The van der Waals surface area contributed by atoms with Crippen molar-refractivity contribution in [3.63, 3.8) is 0 Å². The number of para-hydroxylation sites is 2. The van der Waals surface area contributed by atoms with Gasteiger partial charge in [0, 0.05) is 53.3 Å². The van der Waals surface area contributed by atoms with Crippen molar-refractivity contribution in [3.8, 4) is 62.1 Å². The minimum atomic E-state index is 0.631. The Bertz CT molecular complexity index is 3250. The van der Waals surface area contributed by atoms with Gasteiger partial charge in [0.05, 0.1) is 11.0 Å². The summed E-state index contributed by atoms with van der Waals surface area (Å²) in [7, 11) is 0. The predicted octanol–water partition coefficient (Wildman–Crippen LogP) is 13.7. The van der Waals surface area contributed by atoms with Crippen LogP contribution >= 0.6 is 11.3 Å². The number of hydrogen-bond donors (Lipinski definition) is 0. The summed E-state index contributed by atoms with van der Waals surface area (Å²) in [5.74, 6) is 1.91. The van der Waals surface area contributed by atoms with E-state index in [1.54, 1.807) is 11.3 Å². The number of rotatable bonds is 6. The van der Waals surface area contributed by atoms with Gasteiger partial charge in [0.1, 0.15) is 0 Å². The van der Waals surface area contributed by atoms with Crippen molar-refractivity contribution in [1.82, 2.24) is 19.5 Å². The zero-order valence-electron chi connectivity index (χ0n) is 30.2. The quantitative estimate of drug-likeness (QED) is 0.171. The maximum Gasteiger partial charge on any atom is 0.164 e. The highest BCUT2D eigenvalue weighted by molar-refractivity contribution is 7.25. The number of aromatic nitrogens is 4. The summed E-state index contributed by atoms with van der Waals surface area (Å²) in [6.07, 6.45) is 0. The van der Waals surface area contributed by atoms with Crippen molar-refractivity contribution in [2.24, 2.45) is 0 Å². The first kappa shape index (κ1) is 32.2. The van der Waals surface area contributed by atoms with E-state index in [0.29, 0.717) is 17.5 Å². The molecule has 3 aromatic heterocycles. The number of benzene rings is 8. The van der Waals surface area contributed by atoms with Gasteiger partial charge in [-0.25, -0.2) is 15.0 Å². The number of thiophene rings is 1. The minimum Gasteiger partial charge on any atom is -0.309 e. The zero-order chi connectivity index (χ0) is 37.0. The van der Waals surface area contributed by atoms with Gasteiger partial charge in [-0.2, -0.15) is 0 Å². The maximum absolute atomic E-state index is 5.37. The van der Waals surface area contributed by atoms with Crippen LogP contribution in [-0.2, 0) is 0 Å². The molecule has 0 radical (unpaired) electrons. The molecule has 4 nitrogen and oxygen atoms in total. The fourth-order valence-corrected chi connectivity index (χ4v) is 9.24. The van der Waals surface area contributed by atoms with Crippen molar-refractivity contribution < 1.29 is 0 Å². The molecule has 0 fully saturated rings. The van der Waals surface area contributed by atoms with E-state index in [1.165, 1.54) is 25.7 Å². The summed E-state index contributed by atoms with van der Waals surface area (Å²) < 4.78 is 4.81. The Morgan fingerprint density at radius 1 is 0.339 bits per heavy atom.